The highest BCUT2D eigenvalue weighted by Gasteiger charge is 2.19. The Morgan fingerprint density at radius 1 is 0.800 bits per heavy atom. The van der Waals surface area contributed by atoms with Crippen molar-refractivity contribution in [3.05, 3.63) is 96.1 Å². The molecule has 2 aromatic carbocycles. The van der Waals surface area contributed by atoms with Crippen LogP contribution in [0.5, 0.6) is 0 Å². The molecule has 1 atom stereocenters. The first-order chi connectivity index (χ1) is 9.93. The van der Waals surface area contributed by atoms with Gasteiger partial charge < -0.3 is 6.07 Å². The maximum absolute atomic E-state index is 2.32. The first kappa shape index (κ1) is 11.5. The van der Waals surface area contributed by atoms with Crippen LogP contribution in [0.1, 0.15) is 11.5 Å². The van der Waals surface area contributed by atoms with Crippen molar-refractivity contribution < 1.29 is 0 Å². The molecule has 0 radical (unpaired) electrons. The van der Waals surface area contributed by atoms with Gasteiger partial charge in [0.15, 0.2) is 0 Å². The Hall–Kier alpha value is -2.34. The van der Waals surface area contributed by atoms with E-state index in [1.165, 1.54) is 22.3 Å². The summed E-state index contributed by atoms with van der Waals surface area (Å²) in [5.41, 5.74) is 5.59. The zero-order chi connectivity index (χ0) is 13.4. The fourth-order valence-corrected chi connectivity index (χ4v) is 3.27. The zero-order valence-electron chi connectivity index (χ0n) is 11.2. The van der Waals surface area contributed by atoms with Gasteiger partial charge in [-0.05, 0) is 5.92 Å². The van der Waals surface area contributed by atoms with Crippen LogP contribution >= 0.6 is 0 Å². The van der Waals surface area contributed by atoms with Crippen molar-refractivity contribution in [1.82, 2.24) is 0 Å². The Labute approximate surface area is 119 Å². The first-order valence-electron chi connectivity index (χ1n) is 7.14. The average Bonchev–Trinajstić information content (AvgIpc) is 3.23. The summed E-state index contributed by atoms with van der Waals surface area (Å²) in [6.45, 7) is 0. The lowest BCUT2D eigenvalue weighted by molar-refractivity contribution is 0.865. The zero-order valence-corrected chi connectivity index (χ0v) is 11.2. The summed E-state index contributed by atoms with van der Waals surface area (Å²) in [7, 11) is 0. The summed E-state index contributed by atoms with van der Waals surface area (Å²) < 4.78 is 0. The fourth-order valence-electron chi connectivity index (χ4n) is 3.27. The van der Waals surface area contributed by atoms with E-state index in [1.807, 2.05) is 0 Å². The van der Waals surface area contributed by atoms with Crippen molar-refractivity contribution in [2.75, 3.05) is 0 Å². The molecule has 0 heterocycles. The van der Waals surface area contributed by atoms with Gasteiger partial charge in [-0.1, -0.05) is 60.2 Å². The van der Waals surface area contributed by atoms with Crippen molar-refractivity contribution in [3.63, 3.8) is 0 Å². The molecule has 0 fully saturated rings. The van der Waals surface area contributed by atoms with Crippen LogP contribution in [0, 0.1) is 5.92 Å². The molecule has 0 amide bonds. The molecule has 1 unspecified atom stereocenters. The number of rotatable bonds is 3. The van der Waals surface area contributed by atoms with Gasteiger partial charge in [-0.15, -0.1) is 12.1 Å². The lowest BCUT2D eigenvalue weighted by Crippen LogP contribution is -2.04. The van der Waals surface area contributed by atoms with Gasteiger partial charge in [0.2, 0.25) is 0 Å². The molecule has 98 valence electrons. The lowest BCUT2D eigenvalue weighted by Gasteiger charge is -2.28. The summed E-state index contributed by atoms with van der Waals surface area (Å²) in [4.78, 5) is 0. The van der Waals surface area contributed by atoms with Crippen molar-refractivity contribution in [3.8, 4) is 11.1 Å². The molecule has 2 aliphatic rings. The molecule has 0 spiro atoms. The van der Waals surface area contributed by atoms with E-state index in [0.717, 1.165) is 0 Å². The quantitative estimate of drug-likeness (QED) is 0.669. The Balaban J connectivity index is 1.73. The third kappa shape index (κ3) is 1.77. The second kappa shape index (κ2) is 4.64. The lowest BCUT2D eigenvalue weighted by atomic mass is 9.85. The molecule has 0 aromatic heterocycles. The highest BCUT2D eigenvalue weighted by Crippen LogP contribution is 2.41. The van der Waals surface area contributed by atoms with Gasteiger partial charge in [0.25, 0.3) is 0 Å². The van der Waals surface area contributed by atoms with Gasteiger partial charge in [0, 0.05) is 5.92 Å². The van der Waals surface area contributed by atoms with Crippen LogP contribution in [-0.2, 0) is 0 Å². The molecule has 0 N–H and O–H groups in total. The van der Waals surface area contributed by atoms with E-state index >= 15 is 0 Å². The van der Waals surface area contributed by atoms with Crippen LogP contribution in [0.15, 0.2) is 90.6 Å². The summed E-state index contributed by atoms with van der Waals surface area (Å²) in [5, 5.41) is 0. The molecule has 0 saturated heterocycles. The van der Waals surface area contributed by atoms with Crippen LogP contribution in [0.4, 0.5) is 0 Å². The van der Waals surface area contributed by atoms with Gasteiger partial charge in [0.1, 0.15) is 0 Å². The summed E-state index contributed by atoms with van der Waals surface area (Å²) >= 11 is 0. The number of hydrogen-bond acceptors (Lipinski definition) is 0. The smallest absolute Gasteiger partial charge is 0.0160 e. The fraction of sp³-hybridized carbons (Fsp3) is 0.100. The Morgan fingerprint density at radius 3 is 2.40 bits per heavy atom. The molecule has 0 saturated carbocycles. The number of hydrogen-bond donors (Lipinski definition) is 0. The molecule has 0 heteroatoms. The Morgan fingerprint density at radius 2 is 1.60 bits per heavy atom. The molecule has 20 heavy (non-hydrogen) atoms. The van der Waals surface area contributed by atoms with Crippen LogP contribution in [-0.4, -0.2) is 0 Å². The van der Waals surface area contributed by atoms with Crippen molar-refractivity contribution >= 4 is 0 Å². The van der Waals surface area contributed by atoms with E-state index in [0.29, 0.717) is 11.8 Å². The molecule has 0 aliphatic heterocycles. The summed E-state index contributed by atoms with van der Waals surface area (Å²) in [6, 6.07) is 15.3. The average molecular weight is 256 g/mol. The van der Waals surface area contributed by atoms with Gasteiger partial charge >= 0.3 is 0 Å². The topological polar surface area (TPSA) is 0 Å². The molecule has 2 aromatic rings. The minimum absolute atomic E-state index is 0.410. The predicted octanol–water partition coefficient (Wildman–Crippen LogP) is 5.11. The van der Waals surface area contributed by atoms with Crippen molar-refractivity contribution in [2.24, 2.45) is 5.92 Å². The minimum atomic E-state index is 0.410. The van der Waals surface area contributed by atoms with E-state index in [9.17, 15) is 0 Å². The van der Waals surface area contributed by atoms with E-state index in [1.54, 1.807) is 0 Å². The normalized spacial score (nSPS) is 21.0. The Kier molecular flexibility index (Phi) is 2.67. The summed E-state index contributed by atoms with van der Waals surface area (Å²) in [5.74, 6) is 0.865. The van der Waals surface area contributed by atoms with Gasteiger partial charge in [-0.3, -0.25) is 11.6 Å². The standard InChI is InChI=1S/C20H16/c1-2-8-15(7-1)17-11-5-13-19(17)20-14-6-12-18(20)16-9-3-4-10-16/h1-15,19H/q-2. The van der Waals surface area contributed by atoms with Crippen molar-refractivity contribution in [2.45, 2.75) is 5.92 Å². The van der Waals surface area contributed by atoms with Crippen LogP contribution in [0.2, 0.25) is 0 Å². The molecule has 0 bridgehead atoms. The summed E-state index contributed by atoms with van der Waals surface area (Å²) in [6.07, 6.45) is 15.6. The van der Waals surface area contributed by atoms with Gasteiger partial charge in [0.05, 0.1) is 0 Å². The maximum Gasteiger partial charge on any atom is 0.0160 e. The second-order valence-corrected chi connectivity index (χ2v) is 5.39. The van der Waals surface area contributed by atoms with E-state index < -0.39 is 0 Å². The first-order valence-corrected chi connectivity index (χ1v) is 7.14. The molecular weight excluding hydrogens is 240 g/mol. The van der Waals surface area contributed by atoms with Crippen molar-refractivity contribution in [1.29, 1.82) is 0 Å². The largest absolute Gasteiger partial charge is 0.302 e. The predicted molar refractivity (Wildman–Crippen MR) is 84.8 cm³/mol. The van der Waals surface area contributed by atoms with Gasteiger partial charge in [-0.25, -0.2) is 11.6 Å². The monoisotopic (exact) mass is 256 g/mol. The Bertz CT molecular complexity index is 702. The highest BCUT2D eigenvalue weighted by molar-refractivity contribution is 5.71. The molecular formula is C20H16-2. The second-order valence-electron chi connectivity index (χ2n) is 5.39. The maximum atomic E-state index is 2.32. The van der Waals surface area contributed by atoms with E-state index in [2.05, 4.69) is 85.0 Å². The van der Waals surface area contributed by atoms with Crippen LogP contribution in [0.25, 0.3) is 11.1 Å². The molecule has 2 aliphatic carbocycles. The van der Waals surface area contributed by atoms with E-state index in [4.69, 9.17) is 0 Å². The van der Waals surface area contributed by atoms with Gasteiger partial charge in [-0.2, -0.15) is 5.56 Å². The van der Waals surface area contributed by atoms with Crippen LogP contribution in [0.3, 0.4) is 0 Å². The SMILES string of the molecule is C1=CC(C2=CC=CC2[c-]2cccc2-[c-]2cccc2)C=C1. The highest BCUT2D eigenvalue weighted by atomic mass is 14.3. The number of allylic oxidation sites excluding steroid dienone is 8. The van der Waals surface area contributed by atoms with Crippen LogP contribution < -0.4 is 0 Å². The minimum Gasteiger partial charge on any atom is -0.302 e. The third-order valence-electron chi connectivity index (χ3n) is 4.24. The third-order valence-corrected chi connectivity index (χ3v) is 4.24. The van der Waals surface area contributed by atoms with E-state index in [-0.39, 0.29) is 0 Å². The molecule has 0 nitrogen and oxygen atoms in total. The molecule has 4 rings (SSSR count).